The van der Waals surface area contributed by atoms with Crippen LogP contribution >= 0.6 is 0 Å². The van der Waals surface area contributed by atoms with Crippen LogP contribution in [0.3, 0.4) is 0 Å². The van der Waals surface area contributed by atoms with E-state index in [4.69, 9.17) is 9.51 Å². The van der Waals surface area contributed by atoms with Crippen LogP contribution in [0.2, 0.25) is 0 Å². The van der Waals surface area contributed by atoms with Crippen molar-refractivity contribution >= 4 is 0 Å². The van der Waals surface area contributed by atoms with Crippen LogP contribution in [0.25, 0.3) is 0 Å². The minimum Gasteiger partial charge on any atom is -0.360 e. The summed E-state index contributed by atoms with van der Waals surface area (Å²) in [5.74, 6) is 2.57. The van der Waals surface area contributed by atoms with Crippen molar-refractivity contribution in [3.63, 3.8) is 0 Å². The maximum absolute atomic E-state index is 5.40. The summed E-state index contributed by atoms with van der Waals surface area (Å²) in [6, 6.07) is 2.06. The van der Waals surface area contributed by atoms with Crippen LogP contribution in [0.4, 0.5) is 0 Å². The molecule has 1 aliphatic heterocycles. The first-order valence-electron chi connectivity index (χ1n) is 8.30. The third kappa shape index (κ3) is 3.48. The molecule has 0 unspecified atom stereocenters. The number of fused-ring (bicyclic) bond motifs is 1. The number of nitrogens with zero attached hydrogens (tertiary/aromatic N) is 5. The Morgan fingerprint density at radius 3 is 2.83 bits per heavy atom. The molecule has 2 aromatic heterocycles. The third-order valence-corrected chi connectivity index (χ3v) is 4.35. The molecule has 1 aliphatic rings. The number of hydrogen-bond donors (Lipinski definition) is 0. The lowest BCUT2D eigenvalue weighted by Crippen LogP contribution is -2.30. The average Bonchev–Trinajstić information content (AvgIpc) is 3.03. The first kappa shape index (κ1) is 16.2. The van der Waals surface area contributed by atoms with Crippen molar-refractivity contribution in [2.45, 2.75) is 45.8 Å². The maximum atomic E-state index is 5.40. The molecule has 3 heterocycles. The van der Waals surface area contributed by atoms with E-state index in [9.17, 15) is 0 Å². The van der Waals surface area contributed by atoms with Crippen LogP contribution < -0.4 is 0 Å². The number of aromatic nitrogens is 3. The lowest BCUT2D eigenvalue weighted by Gasteiger charge is -2.25. The molecule has 3 rings (SSSR count). The highest BCUT2D eigenvalue weighted by molar-refractivity contribution is 5.21. The van der Waals surface area contributed by atoms with Crippen molar-refractivity contribution in [2.24, 2.45) is 7.05 Å². The molecule has 0 fully saturated rings. The summed E-state index contributed by atoms with van der Waals surface area (Å²) in [5, 5.41) is 4.20. The SMILES string of the molecule is CC(C)c1nc2c(n1C)CCN(Cc1cc(CN(C)C)on1)C2. The fourth-order valence-electron chi connectivity index (χ4n) is 3.30. The molecular formula is C17H27N5O. The van der Waals surface area contributed by atoms with Crippen LogP contribution in [0.5, 0.6) is 0 Å². The highest BCUT2D eigenvalue weighted by Crippen LogP contribution is 2.24. The third-order valence-electron chi connectivity index (χ3n) is 4.35. The van der Waals surface area contributed by atoms with E-state index in [1.165, 1.54) is 17.2 Å². The minimum absolute atomic E-state index is 0.461. The summed E-state index contributed by atoms with van der Waals surface area (Å²) in [7, 11) is 6.20. The van der Waals surface area contributed by atoms with Gasteiger partial charge in [-0.2, -0.15) is 0 Å². The molecule has 6 nitrogen and oxygen atoms in total. The standard InChI is InChI=1S/C17H27N5O/c1-12(2)17-18-15-11-22(7-6-16(15)21(17)5)9-13-8-14(23-19-13)10-20(3)4/h8,12H,6-7,9-11H2,1-5H3. The Bertz CT molecular complexity index is 671. The van der Waals surface area contributed by atoms with Crippen LogP contribution in [-0.2, 0) is 33.1 Å². The molecular weight excluding hydrogens is 290 g/mol. The molecule has 0 amide bonds. The molecule has 23 heavy (non-hydrogen) atoms. The van der Waals surface area contributed by atoms with Crippen molar-refractivity contribution in [2.75, 3.05) is 20.6 Å². The van der Waals surface area contributed by atoms with Crippen LogP contribution in [0.15, 0.2) is 10.6 Å². The van der Waals surface area contributed by atoms with Gasteiger partial charge in [-0.15, -0.1) is 0 Å². The zero-order valence-corrected chi connectivity index (χ0v) is 14.8. The molecule has 6 heteroatoms. The first-order valence-corrected chi connectivity index (χ1v) is 8.30. The van der Waals surface area contributed by atoms with Gasteiger partial charge in [0.05, 0.1) is 17.9 Å². The van der Waals surface area contributed by atoms with E-state index >= 15 is 0 Å². The maximum Gasteiger partial charge on any atom is 0.150 e. The van der Waals surface area contributed by atoms with E-state index in [2.05, 4.69) is 46.5 Å². The van der Waals surface area contributed by atoms with Gasteiger partial charge >= 0.3 is 0 Å². The van der Waals surface area contributed by atoms with E-state index < -0.39 is 0 Å². The topological polar surface area (TPSA) is 50.3 Å². The van der Waals surface area contributed by atoms with Gasteiger partial charge < -0.3 is 14.0 Å². The lowest BCUT2D eigenvalue weighted by atomic mass is 10.1. The Kier molecular flexibility index (Phi) is 4.55. The van der Waals surface area contributed by atoms with Gasteiger partial charge in [0, 0.05) is 50.8 Å². The van der Waals surface area contributed by atoms with Gasteiger partial charge in [-0.25, -0.2) is 4.98 Å². The number of rotatable bonds is 5. The summed E-state index contributed by atoms with van der Waals surface area (Å²) in [6.07, 6.45) is 1.05. The Morgan fingerprint density at radius 1 is 1.35 bits per heavy atom. The van der Waals surface area contributed by atoms with Crippen molar-refractivity contribution < 1.29 is 4.52 Å². The second-order valence-electron chi connectivity index (χ2n) is 7.06. The van der Waals surface area contributed by atoms with E-state index in [0.717, 1.165) is 44.1 Å². The Hall–Kier alpha value is -1.66. The zero-order chi connectivity index (χ0) is 16.6. The smallest absolute Gasteiger partial charge is 0.150 e. The van der Waals surface area contributed by atoms with Gasteiger partial charge in [-0.1, -0.05) is 19.0 Å². The molecule has 0 saturated heterocycles. The summed E-state index contributed by atoms with van der Waals surface area (Å²) >= 11 is 0. The molecule has 0 aromatic carbocycles. The molecule has 126 valence electrons. The summed E-state index contributed by atoms with van der Waals surface area (Å²) in [4.78, 5) is 9.34. The van der Waals surface area contributed by atoms with E-state index in [1.807, 2.05) is 14.1 Å². The second-order valence-corrected chi connectivity index (χ2v) is 7.06. The Morgan fingerprint density at radius 2 is 2.13 bits per heavy atom. The largest absolute Gasteiger partial charge is 0.360 e. The van der Waals surface area contributed by atoms with Gasteiger partial charge in [0.1, 0.15) is 5.82 Å². The quantitative estimate of drug-likeness (QED) is 0.846. The molecule has 0 aliphatic carbocycles. The number of hydrogen-bond acceptors (Lipinski definition) is 5. The minimum atomic E-state index is 0.461. The molecule has 2 aromatic rings. The van der Waals surface area contributed by atoms with E-state index in [1.54, 1.807) is 0 Å². The number of imidazole rings is 1. The van der Waals surface area contributed by atoms with Crippen LogP contribution in [0, 0.1) is 0 Å². The van der Waals surface area contributed by atoms with Crippen LogP contribution in [0.1, 0.15) is 48.4 Å². The van der Waals surface area contributed by atoms with Crippen molar-refractivity contribution in [1.82, 2.24) is 24.5 Å². The van der Waals surface area contributed by atoms with Crippen molar-refractivity contribution in [3.05, 3.63) is 34.7 Å². The van der Waals surface area contributed by atoms with E-state index in [-0.39, 0.29) is 0 Å². The van der Waals surface area contributed by atoms with Gasteiger partial charge in [0.2, 0.25) is 0 Å². The van der Waals surface area contributed by atoms with E-state index in [0.29, 0.717) is 5.92 Å². The average molecular weight is 317 g/mol. The second kappa shape index (κ2) is 6.45. The fourth-order valence-corrected chi connectivity index (χ4v) is 3.30. The molecule has 0 saturated carbocycles. The zero-order valence-electron chi connectivity index (χ0n) is 14.8. The molecule has 0 bridgehead atoms. The summed E-state index contributed by atoms with van der Waals surface area (Å²) in [6.45, 7) is 7.95. The molecule has 0 N–H and O–H groups in total. The van der Waals surface area contributed by atoms with Gasteiger partial charge in [-0.3, -0.25) is 4.90 Å². The van der Waals surface area contributed by atoms with Gasteiger partial charge in [-0.05, 0) is 14.1 Å². The lowest BCUT2D eigenvalue weighted by molar-refractivity contribution is 0.231. The highest BCUT2D eigenvalue weighted by Gasteiger charge is 2.24. The van der Waals surface area contributed by atoms with Crippen molar-refractivity contribution in [3.8, 4) is 0 Å². The van der Waals surface area contributed by atoms with Gasteiger partial charge in [0.15, 0.2) is 5.76 Å². The Labute approximate surface area is 138 Å². The summed E-state index contributed by atoms with van der Waals surface area (Å²) < 4.78 is 7.68. The predicted molar refractivity (Wildman–Crippen MR) is 89.0 cm³/mol. The predicted octanol–water partition coefficient (Wildman–Crippen LogP) is 2.15. The van der Waals surface area contributed by atoms with Crippen LogP contribution in [-0.4, -0.2) is 45.1 Å². The van der Waals surface area contributed by atoms with Gasteiger partial charge in [0.25, 0.3) is 0 Å². The Balaban J connectivity index is 1.68. The summed E-state index contributed by atoms with van der Waals surface area (Å²) in [5.41, 5.74) is 3.61. The first-order chi connectivity index (χ1) is 10.9. The normalized spacial score (nSPS) is 15.6. The fraction of sp³-hybridized carbons (Fsp3) is 0.647. The van der Waals surface area contributed by atoms with Crippen molar-refractivity contribution in [1.29, 1.82) is 0 Å². The molecule has 0 spiro atoms. The molecule has 0 atom stereocenters. The molecule has 0 radical (unpaired) electrons. The highest BCUT2D eigenvalue weighted by atomic mass is 16.5. The monoisotopic (exact) mass is 317 g/mol.